The summed E-state index contributed by atoms with van der Waals surface area (Å²) in [6.07, 6.45) is 1.59. The van der Waals surface area contributed by atoms with Gasteiger partial charge in [-0.3, -0.25) is 4.79 Å². The highest BCUT2D eigenvalue weighted by Crippen LogP contribution is 2.12. The van der Waals surface area contributed by atoms with Gasteiger partial charge in [0.15, 0.2) is 0 Å². The van der Waals surface area contributed by atoms with Crippen LogP contribution >= 0.6 is 11.6 Å². The van der Waals surface area contributed by atoms with Crippen molar-refractivity contribution in [3.63, 3.8) is 0 Å². The molecule has 92 valence electrons. The summed E-state index contributed by atoms with van der Waals surface area (Å²) in [5.41, 5.74) is 2.37. The second-order valence-corrected chi connectivity index (χ2v) is 4.50. The second-order valence-electron chi connectivity index (χ2n) is 4.09. The average molecular weight is 261 g/mol. The summed E-state index contributed by atoms with van der Waals surface area (Å²) in [4.78, 5) is 11.8. The summed E-state index contributed by atoms with van der Waals surface area (Å²) in [7, 11) is 0. The molecule has 2 aromatic rings. The van der Waals surface area contributed by atoms with Gasteiger partial charge in [0.1, 0.15) is 0 Å². The highest BCUT2D eigenvalue weighted by molar-refractivity contribution is 6.33. The first-order chi connectivity index (χ1) is 8.58. The standard InChI is InChI=1S/C14H13ClN2O/c1-10-7-11(2)17(14(18)8-10)16-9-12-5-3-4-6-13(12)15/h3-9H,1-2H3. The lowest BCUT2D eigenvalue weighted by Gasteiger charge is -2.04. The van der Waals surface area contributed by atoms with E-state index < -0.39 is 0 Å². The molecule has 1 aromatic carbocycles. The number of aromatic nitrogens is 1. The molecular formula is C14H13ClN2O. The minimum atomic E-state index is -0.143. The number of hydrogen-bond acceptors (Lipinski definition) is 2. The third-order valence-corrected chi connectivity index (χ3v) is 2.89. The second kappa shape index (κ2) is 5.19. The molecule has 18 heavy (non-hydrogen) atoms. The molecule has 0 N–H and O–H groups in total. The number of rotatable bonds is 2. The van der Waals surface area contributed by atoms with E-state index in [0.717, 1.165) is 16.8 Å². The molecule has 0 atom stereocenters. The molecule has 0 saturated carbocycles. The molecule has 0 bridgehead atoms. The fourth-order valence-corrected chi connectivity index (χ4v) is 1.89. The summed E-state index contributed by atoms with van der Waals surface area (Å²) in [6.45, 7) is 3.73. The summed E-state index contributed by atoms with van der Waals surface area (Å²) < 4.78 is 1.36. The van der Waals surface area contributed by atoms with Gasteiger partial charge in [-0.2, -0.15) is 5.10 Å². The van der Waals surface area contributed by atoms with E-state index in [1.807, 2.05) is 38.1 Å². The highest BCUT2D eigenvalue weighted by Gasteiger charge is 2.00. The lowest BCUT2D eigenvalue weighted by molar-refractivity contribution is 0.791. The molecule has 0 fully saturated rings. The first-order valence-electron chi connectivity index (χ1n) is 5.57. The first kappa shape index (κ1) is 12.6. The molecule has 1 aromatic heterocycles. The van der Waals surface area contributed by atoms with Crippen molar-refractivity contribution in [3.8, 4) is 0 Å². The smallest absolute Gasteiger partial charge is 0.267 e. The lowest BCUT2D eigenvalue weighted by atomic mass is 10.2. The van der Waals surface area contributed by atoms with Crippen molar-refractivity contribution in [2.75, 3.05) is 0 Å². The SMILES string of the molecule is Cc1cc(C)n(N=Cc2ccccc2Cl)c(=O)c1. The maximum Gasteiger partial charge on any atom is 0.271 e. The van der Waals surface area contributed by atoms with Crippen LogP contribution in [0, 0.1) is 13.8 Å². The van der Waals surface area contributed by atoms with Gasteiger partial charge in [-0.15, -0.1) is 0 Å². The van der Waals surface area contributed by atoms with Crippen LogP contribution in [0.2, 0.25) is 5.02 Å². The molecule has 0 aliphatic heterocycles. The molecule has 0 radical (unpaired) electrons. The Labute approximate surface area is 110 Å². The van der Waals surface area contributed by atoms with E-state index >= 15 is 0 Å². The average Bonchev–Trinajstić information content (AvgIpc) is 2.30. The number of halogens is 1. The van der Waals surface area contributed by atoms with Crippen LogP contribution < -0.4 is 5.56 Å². The van der Waals surface area contributed by atoms with Crippen LogP contribution in [0.15, 0.2) is 46.3 Å². The molecule has 3 nitrogen and oxygen atoms in total. The minimum absolute atomic E-state index is 0.143. The largest absolute Gasteiger partial charge is 0.271 e. The van der Waals surface area contributed by atoms with Crippen molar-refractivity contribution in [1.29, 1.82) is 0 Å². The maximum absolute atomic E-state index is 11.8. The van der Waals surface area contributed by atoms with Crippen molar-refractivity contribution < 1.29 is 0 Å². The van der Waals surface area contributed by atoms with Gasteiger partial charge in [0.05, 0.1) is 6.21 Å². The molecule has 0 spiro atoms. The zero-order chi connectivity index (χ0) is 13.1. The predicted molar refractivity (Wildman–Crippen MR) is 74.6 cm³/mol. The summed E-state index contributed by atoms with van der Waals surface area (Å²) in [5, 5.41) is 4.78. The van der Waals surface area contributed by atoms with Crippen LogP contribution in [0.5, 0.6) is 0 Å². The van der Waals surface area contributed by atoms with E-state index in [-0.39, 0.29) is 5.56 Å². The Hall–Kier alpha value is -1.87. The van der Waals surface area contributed by atoms with Crippen LogP contribution in [0.25, 0.3) is 0 Å². The van der Waals surface area contributed by atoms with Crippen molar-refractivity contribution in [3.05, 3.63) is 68.6 Å². The topological polar surface area (TPSA) is 34.4 Å². The summed E-state index contributed by atoms with van der Waals surface area (Å²) in [6, 6.07) is 10.8. The van der Waals surface area contributed by atoms with E-state index in [4.69, 9.17) is 11.6 Å². The fourth-order valence-electron chi connectivity index (χ4n) is 1.71. The van der Waals surface area contributed by atoms with E-state index in [1.165, 1.54) is 4.68 Å². The molecule has 1 heterocycles. The Morgan fingerprint density at radius 3 is 2.61 bits per heavy atom. The molecule has 0 saturated heterocycles. The van der Waals surface area contributed by atoms with E-state index in [2.05, 4.69) is 5.10 Å². The molecule has 0 unspecified atom stereocenters. The van der Waals surface area contributed by atoms with Crippen molar-refractivity contribution >= 4 is 17.8 Å². The van der Waals surface area contributed by atoms with E-state index in [0.29, 0.717) is 5.02 Å². The Morgan fingerprint density at radius 2 is 1.94 bits per heavy atom. The molecular weight excluding hydrogens is 248 g/mol. The Morgan fingerprint density at radius 1 is 1.22 bits per heavy atom. The Balaban J connectivity index is 2.42. The summed E-state index contributed by atoms with van der Waals surface area (Å²) >= 11 is 6.02. The number of hydrogen-bond donors (Lipinski definition) is 0. The van der Waals surface area contributed by atoms with Crippen molar-refractivity contribution in [1.82, 2.24) is 4.68 Å². The fraction of sp³-hybridized carbons (Fsp3) is 0.143. The van der Waals surface area contributed by atoms with Gasteiger partial charge in [-0.1, -0.05) is 29.8 Å². The maximum atomic E-state index is 11.8. The van der Waals surface area contributed by atoms with Crippen LogP contribution in [-0.2, 0) is 0 Å². The molecule has 2 rings (SSSR count). The molecule has 0 amide bonds. The Kier molecular flexibility index (Phi) is 3.63. The van der Waals surface area contributed by atoms with Gasteiger partial charge < -0.3 is 0 Å². The van der Waals surface area contributed by atoms with Gasteiger partial charge in [0.2, 0.25) is 0 Å². The minimum Gasteiger partial charge on any atom is -0.267 e. The number of nitrogens with zero attached hydrogens (tertiary/aromatic N) is 2. The van der Waals surface area contributed by atoms with Gasteiger partial charge in [-0.25, -0.2) is 4.68 Å². The number of aryl methyl sites for hydroxylation is 2. The van der Waals surface area contributed by atoms with Crippen LogP contribution in [0.3, 0.4) is 0 Å². The third-order valence-electron chi connectivity index (χ3n) is 2.55. The van der Waals surface area contributed by atoms with Crippen LogP contribution in [-0.4, -0.2) is 10.9 Å². The van der Waals surface area contributed by atoms with E-state index in [9.17, 15) is 4.79 Å². The van der Waals surface area contributed by atoms with Gasteiger partial charge in [-0.05, 0) is 31.5 Å². The zero-order valence-corrected chi connectivity index (χ0v) is 11.0. The van der Waals surface area contributed by atoms with Crippen molar-refractivity contribution in [2.24, 2.45) is 5.10 Å². The van der Waals surface area contributed by atoms with Gasteiger partial charge >= 0.3 is 0 Å². The van der Waals surface area contributed by atoms with Crippen LogP contribution in [0.1, 0.15) is 16.8 Å². The Bertz CT molecular complexity index is 659. The monoisotopic (exact) mass is 260 g/mol. The molecule has 4 heteroatoms. The van der Waals surface area contributed by atoms with Gasteiger partial charge in [0.25, 0.3) is 5.56 Å². The molecule has 0 aliphatic rings. The number of pyridine rings is 1. The molecule has 0 aliphatic carbocycles. The third kappa shape index (κ3) is 2.68. The number of benzene rings is 1. The van der Waals surface area contributed by atoms with Gasteiger partial charge in [0, 0.05) is 22.3 Å². The zero-order valence-electron chi connectivity index (χ0n) is 10.2. The quantitative estimate of drug-likeness (QED) is 0.765. The van der Waals surface area contributed by atoms with Crippen molar-refractivity contribution in [2.45, 2.75) is 13.8 Å². The van der Waals surface area contributed by atoms with E-state index in [1.54, 1.807) is 18.3 Å². The first-order valence-corrected chi connectivity index (χ1v) is 5.95. The van der Waals surface area contributed by atoms with Crippen LogP contribution in [0.4, 0.5) is 0 Å². The normalized spacial score (nSPS) is 11.1. The highest BCUT2D eigenvalue weighted by atomic mass is 35.5. The predicted octanol–water partition coefficient (Wildman–Crippen LogP) is 3.00. The summed E-state index contributed by atoms with van der Waals surface area (Å²) in [5.74, 6) is 0. The lowest BCUT2D eigenvalue weighted by Crippen LogP contribution is -2.18.